The van der Waals surface area contributed by atoms with Gasteiger partial charge in [0.15, 0.2) is 5.82 Å². The SMILES string of the molecule is CSc1nn(-c2ccccc2)c(NC(C)=O)c1C#N. The molecule has 1 amide bonds. The summed E-state index contributed by atoms with van der Waals surface area (Å²) in [5.41, 5.74) is 1.18. The molecular weight excluding hydrogens is 260 g/mol. The predicted molar refractivity (Wildman–Crippen MR) is 74.4 cm³/mol. The molecule has 0 unspecified atom stereocenters. The van der Waals surface area contributed by atoms with Crippen molar-refractivity contribution in [3.63, 3.8) is 0 Å². The number of para-hydroxylation sites is 1. The van der Waals surface area contributed by atoms with Gasteiger partial charge in [-0.25, -0.2) is 4.68 Å². The van der Waals surface area contributed by atoms with Crippen molar-refractivity contribution in [1.82, 2.24) is 9.78 Å². The molecule has 1 heterocycles. The van der Waals surface area contributed by atoms with Crippen LogP contribution in [-0.2, 0) is 4.79 Å². The maximum absolute atomic E-state index is 11.3. The maximum Gasteiger partial charge on any atom is 0.222 e. The molecule has 19 heavy (non-hydrogen) atoms. The lowest BCUT2D eigenvalue weighted by molar-refractivity contribution is -0.114. The van der Waals surface area contributed by atoms with Crippen molar-refractivity contribution in [2.24, 2.45) is 0 Å². The number of hydrogen-bond donors (Lipinski definition) is 1. The summed E-state index contributed by atoms with van der Waals surface area (Å²) in [5.74, 6) is 0.173. The van der Waals surface area contributed by atoms with Crippen LogP contribution in [0.5, 0.6) is 0 Å². The first-order valence-electron chi connectivity index (χ1n) is 5.57. The predicted octanol–water partition coefficient (Wildman–Crippen LogP) is 2.42. The molecule has 0 spiro atoms. The van der Waals surface area contributed by atoms with E-state index in [1.165, 1.54) is 18.7 Å². The van der Waals surface area contributed by atoms with Gasteiger partial charge in [0.05, 0.1) is 5.69 Å². The van der Waals surface area contributed by atoms with E-state index in [-0.39, 0.29) is 5.91 Å². The third-order valence-electron chi connectivity index (χ3n) is 2.45. The molecule has 1 aromatic carbocycles. The second-order valence-corrected chi connectivity index (χ2v) is 4.57. The first kappa shape index (κ1) is 13.2. The van der Waals surface area contributed by atoms with E-state index in [1.807, 2.05) is 36.6 Å². The Bertz CT molecular complexity index is 643. The molecule has 0 bridgehead atoms. The topological polar surface area (TPSA) is 70.7 Å². The lowest BCUT2D eigenvalue weighted by Gasteiger charge is -2.07. The number of carbonyl (C=O) groups excluding carboxylic acids is 1. The van der Waals surface area contributed by atoms with Crippen molar-refractivity contribution >= 4 is 23.5 Å². The van der Waals surface area contributed by atoms with Gasteiger partial charge >= 0.3 is 0 Å². The van der Waals surface area contributed by atoms with Gasteiger partial charge in [-0.3, -0.25) is 4.79 Å². The van der Waals surface area contributed by atoms with E-state index in [1.54, 1.807) is 4.68 Å². The first-order chi connectivity index (χ1) is 9.17. The molecule has 0 saturated heterocycles. The monoisotopic (exact) mass is 272 g/mol. The van der Waals surface area contributed by atoms with Gasteiger partial charge in [0, 0.05) is 6.92 Å². The number of nitrogens with zero attached hydrogens (tertiary/aromatic N) is 3. The van der Waals surface area contributed by atoms with Crippen molar-refractivity contribution in [1.29, 1.82) is 5.26 Å². The lowest BCUT2D eigenvalue weighted by Crippen LogP contribution is -2.12. The number of anilines is 1. The lowest BCUT2D eigenvalue weighted by atomic mass is 10.3. The number of hydrogen-bond acceptors (Lipinski definition) is 4. The molecule has 0 aliphatic rings. The van der Waals surface area contributed by atoms with Crippen LogP contribution in [0.2, 0.25) is 0 Å². The van der Waals surface area contributed by atoms with Crippen LogP contribution in [0.15, 0.2) is 35.4 Å². The third-order valence-corrected chi connectivity index (χ3v) is 3.13. The smallest absolute Gasteiger partial charge is 0.222 e. The van der Waals surface area contributed by atoms with Crippen molar-refractivity contribution < 1.29 is 4.79 Å². The molecule has 96 valence electrons. The van der Waals surface area contributed by atoms with Gasteiger partial charge in [0.1, 0.15) is 16.7 Å². The fraction of sp³-hybridized carbons (Fsp3) is 0.154. The van der Waals surface area contributed by atoms with Gasteiger partial charge in [-0.15, -0.1) is 11.8 Å². The van der Waals surface area contributed by atoms with E-state index in [9.17, 15) is 10.1 Å². The molecule has 0 saturated carbocycles. The Hall–Kier alpha value is -2.26. The molecule has 0 aliphatic heterocycles. The zero-order valence-electron chi connectivity index (χ0n) is 10.5. The Balaban J connectivity index is 2.63. The number of nitrogens with one attached hydrogen (secondary N) is 1. The van der Waals surface area contributed by atoms with Crippen molar-refractivity contribution in [3.8, 4) is 11.8 Å². The molecule has 0 aliphatic carbocycles. The largest absolute Gasteiger partial charge is 0.310 e. The normalized spacial score (nSPS) is 9.95. The highest BCUT2D eigenvalue weighted by atomic mass is 32.2. The summed E-state index contributed by atoms with van der Waals surface area (Å²) in [6.07, 6.45) is 1.84. The molecule has 5 nitrogen and oxygen atoms in total. The summed E-state index contributed by atoms with van der Waals surface area (Å²) in [7, 11) is 0. The minimum atomic E-state index is -0.235. The maximum atomic E-state index is 11.3. The van der Waals surface area contributed by atoms with Crippen LogP contribution >= 0.6 is 11.8 Å². The van der Waals surface area contributed by atoms with Crippen molar-refractivity contribution in [2.45, 2.75) is 11.9 Å². The number of amides is 1. The zero-order chi connectivity index (χ0) is 13.8. The fourth-order valence-corrected chi connectivity index (χ4v) is 2.19. The molecule has 0 atom stereocenters. The van der Waals surface area contributed by atoms with Gasteiger partial charge in [0.25, 0.3) is 0 Å². The minimum Gasteiger partial charge on any atom is -0.310 e. The third kappa shape index (κ3) is 2.61. The second-order valence-electron chi connectivity index (χ2n) is 3.77. The minimum absolute atomic E-state index is 0.235. The van der Waals surface area contributed by atoms with E-state index in [0.29, 0.717) is 16.4 Å². The second kappa shape index (κ2) is 5.59. The van der Waals surface area contributed by atoms with Gasteiger partial charge in [-0.05, 0) is 18.4 Å². The van der Waals surface area contributed by atoms with Crippen LogP contribution in [0.1, 0.15) is 12.5 Å². The summed E-state index contributed by atoms with van der Waals surface area (Å²) < 4.78 is 1.58. The van der Waals surface area contributed by atoms with Gasteiger partial charge in [0.2, 0.25) is 5.91 Å². The van der Waals surface area contributed by atoms with E-state index in [0.717, 1.165) is 5.69 Å². The summed E-state index contributed by atoms with van der Waals surface area (Å²) in [6.45, 7) is 1.41. The average molecular weight is 272 g/mol. The quantitative estimate of drug-likeness (QED) is 0.871. The van der Waals surface area contributed by atoms with E-state index < -0.39 is 0 Å². The van der Waals surface area contributed by atoms with Crippen LogP contribution in [0.25, 0.3) is 5.69 Å². The molecule has 0 radical (unpaired) electrons. The van der Waals surface area contributed by atoms with Gasteiger partial charge in [-0.1, -0.05) is 18.2 Å². The Kier molecular flexibility index (Phi) is 3.88. The summed E-state index contributed by atoms with van der Waals surface area (Å²) in [4.78, 5) is 11.3. The number of thioether (sulfide) groups is 1. The van der Waals surface area contributed by atoms with Crippen LogP contribution in [0.4, 0.5) is 5.82 Å². The first-order valence-corrected chi connectivity index (χ1v) is 6.80. The summed E-state index contributed by atoms with van der Waals surface area (Å²) >= 11 is 1.37. The summed E-state index contributed by atoms with van der Waals surface area (Å²) in [5, 5.41) is 16.9. The Labute approximate surface area is 115 Å². The number of carbonyl (C=O) groups is 1. The van der Waals surface area contributed by atoms with Crippen LogP contribution < -0.4 is 5.32 Å². The van der Waals surface area contributed by atoms with Crippen LogP contribution in [0.3, 0.4) is 0 Å². The van der Waals surface area contributed by atoms with Gasteiger partial charge in [-0.2, -0.15) is 10.4 Å². The highest BCUT2D eigenvalue weighted by Crippen LogP contribution is 2.28. The van der Waals surface area contributed by atoms with Crippen LogP contribution in [-0.4, -0.2) is 21.9 Å². The number of benzene rings is 1. The number of rotatable bonds is 3. The molecule has 0 fully saturated rings. The Morgan fingerprint density at radius 3 is 2.63 bits per heavy atom. The molecule has 1 N–H and O–H groups in total. The zero-order valence-corrected chi connectivity index (χ0v) is 11.4. The Morgan fingerprint density at radius 2 is 2.11 bits per heavy atom. The molecule has 6 heteroatoms. The highest BCUT2D eigenvalue weighted by molar-refractivity contribution is 7.98. The molecular formula is C13H12N4OS. The van der Waals surface area contributed by atoms with Gasteiger partial charge < -0.3 is 5.32 Å². The Morgan fingerprint density at radius 1 is 1.42 bits per heavy atom. The van der Waals surface area contributed by atoms with Crippen LogP contribution in [0, 0.1) is 11.3 Å². The van der Waals surface area contributed by atoms with E-state index in [2.05, 4.69) is 16.5 Å². The van der Waals surface area contributed by atoms with E-state index >= 15 is 0 Å². The van der Waals surface area contributed by atoms with Crippen molar-refractivity contribution in [2.75, 3.05) is 11.6 Å². The highest BCUT2D eigenvalue weighted by Gasteiger charge is 2.19. The molecule has 2 aromatic rings. The molecule has 1 aromatic heterocycles. The van der Waals surface area contributed by atoms with Crippen molar-refractivity contribution in [3.05, 3.63) is 35.9 Å². The number of aromatic nitrogens is 2. The average Bonchev–Trinajstić information content (AvgIpc) is 2.76. The summed E-state index contributed by atoms with van der Waals surface area (Å²) in [6, 6.07) is 11.5. The number of nitriles is 1. The fourth-order valence-electron chi connectivity index (χ4n) is 1.68. The molecule has 2 rings (SSSR count). The van der Waals surface area contributed by atoms with E-state index in [4.69, 9.17) is 0 Å². The standard InChI is InChI=1S/C13H12N4OS/c1-9(18)15-12-11(8-14)13(19-2)16-17(12)10-6-4-3-5-7-10/h3-7H,1-2H3,(H,15,18).